The van der Waals surface area contributed by atoms with Crippen LogP contribution >= 0.6 is 11.3 Å². The number of aliphatic hydroxyl groups excluding tert-OH is 1. The van der Waals surface area contributed by atoms with Gasteiger partial charge in [0.05, 0.1) is 33.9 Å². The number of aliphatic hydroxyl groups is 1. The number of carbonyl (C=O) groups is 1. The minimum absolute atomic E-state index is 0.0811. The SMILES string of the molecule is CC(C)N1C[C@H](O)C[C@H]1c1nnc2n1CCN(C(=O)CCc1nc3ccccc3s1)C2. The predicted octanol–water partition coefficient (Wildman–Crippen LogP) is 2.38. The standard InChI is InChI=1S/C22H28N6O2S/c1-14(2)28-12-15(29)11-17(28)22-25-24-19-13-26(9-10-27(19)22)21(30)8-7-20-23-16-5-3-4-6-18(16)31-20/h3-6,14-15,17,29H,7-13H2,1-2H3/t15-,17+/m1/s1. The molecule has 0 aliphatic carbocycles. The molecule has 2 atom stereocenters. The highest BCUT2D eigenvalue weighted by atomic mass is 32.1. The number of rotatable bonds is 5. The number of aryl methyl sites for hydroxylation is 1. The van der Waals surface area contributed by atoms with Gasteiger partial charge in [-0.3, -0.25) is 9.69 Å². The third kappa shape index (κ3) is 3.97. The molecule has 5 rings (SSSR count). The van der Waals surface area contributed by atoms with E-state index in [0.717, 1.165) is 26.9 Å². The van der Waals surface area contributed by atoms with Gasteiger partial charge in [0.2, 0.25) is 5.91 Å². The van der Waals surface area contributed by atoms with E-state index >= 15 is 0 Å². The van der Waals surface area contributed by atoms with Gasteiger partial charge in [-0.15, -0.1) is 21.5 Å². The van der Waals surface area contributed by atoms with Crippen molar-refractivity contribution in [3.63, 3.8) is 0 Å². The van der Waals surface area contributed by atoms with Crippen molar-refractivity contribution in [1.29, 1.82) is 0 Å². The summed E-state index contributed by atoms with van der Waals surface area (Å²) in [6.07, 6.45) is 1.47. The lowest BCUT2D eigenvalue weighted by molar-refractivity contribution is -0.132. The average molecular weight is 441 g/mol. The van der Waals surface area contributed by atoms with E-state index < -0.39 is 0 Å². The Morgan fingerprint density at radius 1 is 1.26 bits per heavy atom. The first-order chi connectivity index (χ1) is 15.0. The lowest BCUT2D eigenvalue weighted by Gasteiger charge is -2.31. The number of fused-ring (bicyclic) bond motifs is 2. The van der Waals surface area contributed by atoms with E-state index in [1.54, 1.807) is 11.3 Å². The summed E-state index contributed by atoms with van der Waals surface area (Å²) in [6, 6.07) is 8.49. The van der Waals surface area contributed by atoms with Crippen molar-refractivity contribution in [2.45, 2.75) is 64.4 Å². The first kappa shape index (κ1) is 20.5. The van der Waals surface area contributed by atoms with Gasteiger partial charge >= 0.3 is 0 Å². The quantitative estimate of drug-likeness (QED) is 0.656. The Hall–Kier alpha value is -2.36. The lowest BCUT2D eigenvalue weighted by atomic mass is 10.1. The fourth-order valence-electron chi connectivity index (χ4n) is 4.70. The van der Waals surface area contributed by atoms with Gasteiger partial charge < -0.3 is 14.6 Å². The van der Waals surface area contributed by atoms with Crippen molar-refractivity contribution in [3.8, 4) is 0 Å². The van der Waals surface area contributed by atoms with Gasteiger partial charge in [0.25, 0.3) is 0 Å². The lowest BCUT2D eigenvalue weighted by Crippen LogP contribution is -2.40. The zero-order valence-corrected chi connectivity index (χ0v) is 18.8. The summed E-state index contributed by atoms with van der Waals surface area (Å²) in [4.78, 5) is 21.7. The van der Waals surface area contributed by atoms with Crippen LogP contribution in [-0.2, 0) is 24.3 Å². The third-order valence-corrected chi connectivity index (χ3v) is 7.40. The van der Waals surface area contributed by atoms with Gasteiger partial charge in [-0.1, -0.05) is 12.1 Å². The van der Waals surface area contributed by atoms with Crippen molar-refractivity contribution in [2.75, 3.05) is 13.1 Å². The second-order valence-corrected chi connectivity index (χ2v) is 9.83. The topological polar surface area (TPSA) is 87.4 Å². The van der Waals surface area contributed by atoms with Crippen molar-refractivity contribution < 1.29 is 9.90 Å². The summed E-state index contributed by atoms with van der Waals surface area (Å²) >= 11 is 1.66. The molecule has 1 N–H and O–H groups in total. The van der Waals surface area contributed by atoms with Crippen LogP contribution in [0.5, 0.6) is 0 Å². The van der Waals surface area contributed by atoms with Crippen molar-refractivity contribution in [1.82, 2.24) is 29.5 Å². The molecule has 2 aliphatic rings. The number of nitrogens with zero attached hydrogens (tertiary/aromatic N) is 6. The largest absolute Gasteiger partial charge is 0.392 e. The summed E-state index contributed by atoms with van der Waals surface area (Å²) in [5.41, 5.74) is 1.00. The van der Waals surface area contributed by atoms with Crippen LogP contribution < -0.4 is 0 Å². The molecule has 1 saturated heterocycles. The molecule has 31 heavy (non-hydrogen) atoms. The number of aromatic nitrogens is 4. The number of benzene rings is 1. The van der Waals surface area contributed by atoms with Crippen LogP contribution in [-0.4, -0.2) is 65.8 Å². The Morgan fingerprint density at radius 3 is 2.90 bits per heavy atom. The molecule has 2 aromatic heterocycles. The van der Waals surface area contributed by atoms with Gasteiger partial charge in [0.1, 0.15) is 0 Å². The molecular formula is C22H28N6O2S. The summed E-state index contributed by atoms with van der Waals surface area (Å²) in [5.74, 6) is 1.89. The molecule has 0 radical (unpaired) electrons. The highest BCUT2D eigenvalue weighted by molar-refractivity contribution is 7.18. The van der Waals surface area contributed by atoms with E-state index in [1.807, 2.05) is 23.1 Å². The monoisotopic (exact) mass is 440 g/mol. The number of para-hydroxylation sites is 1. The van der Waals surface area contributed by atoms with Crippen LogP contribution in [0, 0.1) is 0 Å². The van der Waals surface area contributed by atoms with Gasteiger partial charge in [0, 0.05) is 38.5 Å². The first-order valence-corrected chi connectivity index (χ1v) is 11.8. The third-order valence-electron chi connectivity index (χ3n) is 6.30. The van der Waals surface area contributed by atoms with Crippen molar-refractivity contribution in [3.05, 3.63) is 40.9 Å². The Labute approximate surface area is 185 Å². The summed E-state index contributed by atoms with van der Waals surface area (Å²) in [5, 5.41) is 20.1. The fraction of sp³-hybridized carbons (Fsp3) is 0.545. The van der Waals surface area contributed by atoms with Crippen LogP contribution in [0.15, 0.2) is 24.3 Å². The van der Waals surface area contributed by atoms with Gasteiger partial charge in [-0.2, -0.15) is 0 Å². The molecular weight excluding hydrogens is 412 g/mol. The second kappa shape index (κ2) is 8.29. The number of carbonyl (C=O) groups excluding carboxylic acids is 1. The number of amides is 1. The predicted molar refractivity (Wildman–Crippen MR) is 119 cm³/mol. The Kier molecular flexibility index (Phi) is 5.49. The highest BCUT2D eigenvalue weighted by Gasteiger charge is 2.38. The van der Waals surface area contributed by atoms with Crippen LogP contribution in [0.1, 0.15) is 49.4 Å². The van der Waals surface area contributed by atoms with E-state index in [9.17, 15) is 9.90 Å². The molecule has 4 heterocycles. The maximum absolute atomic E-state index is 12.8. The Balaban J connectivity index is 1.24. The van der Waals surface area contributed by atoms with E-state index in [4.69, 9.17) is 0 Å². The highest BCUT2D eigenvalue weighted by Crippen LogP contribution is 2.34. The van der Waals surface area contributed by atoms with E-state index in [2.05, 4.69) is 44.6 Å². The van der Waals surface area contributed by atoms with Gasteiger partial charge in [-0.05, 0) is 32.4 Å². The van der Waals surface area contributed by atoms with Crippen LogP contribution in [0.4, 0.5) is 0 Å². The molecule has 164 valence electrons. The van der Waals surface area contributed by atoms with Gasteiger partial charge in [-0.25, -0.2) is 4.98 Å². The zero-order chi connectivity index (χ0) is 21.5. The number of hydrogen-bond donors (Lipinski definition) is 1. The molecule has 0 spiro atoms. The number of thiazole rings is 1. The minimum atomic E-state index is -0.329. The number of likely N-dealkylation sites (tertiary alicyclic amines) is 1. The minimum Gasteiger partial charge on any atom is -0.392 e. The van der Waals surface area contributed by atoms with Crippen molar-refractivity contribution in [2.24, 2.45) is 0 Å². The molecule has 2 aliphatic heterocycles. The molecule has 1 amide bonds. The Bertz CT molecular complexity index is 1060. The normalized spacial score (nSPS) is 21.9. The van der Waals surface area contributed by atoms with Crippen molar-refractivity contribution >= 4 is 27.5 Å². The van der Waals surface area contributed by atoms with E-state index in [-0.39, 0.29) is 18.1 Å². The van der Waals surface area contributed by atoms with E-state index in [0.29, 0.717) is 51.5 Å². The average Bonchev–Trinajstić information content (AvgIpc) is 3.46. The number of β-amino-alcohol motifs (C(OH)–C–C–N with tert-alkyl or cyclic N) is 1. The maximum Gasteiger partial charge on any atom is 0.223 e. The molecule has 8 nitrogen and oxygen atoms in total. The van der Waals surface area contributed by atoms with Crippen LogP contribution in [0.2, 0.25) is 0 Å². The summed E-state index contributed by atoms with van der Waals surface area (Å²) in [7, 11) is 0. The maximum atomic E-state index is 12.8. The molecule has 0 bridgehead atoms. The smallest absolute Gasteiger partial charge is 0.223 e. The Morgan fingerprint density at radius 2 is 2.10 bits per heavy atom. The summed E-state index contributed by atoms with van der Waals surface area (Å²) in [6.45, 7) is 6.80. The van der Waals surface area contributed by atoms with Crippen LogP contribution in [0.25, 0.3) is 10.2 Å². The fourth-order valence-corrected chi connectivity index (χ4v) is 5.67. The molecule has 3 aromatic rings. The summed E-state index contributed by atoms with van der Waals surface area (Å²) < 4.78 is 3.31. The molecule has 9 heteroatoms. The first-order valence-electron chi connectivity index (χ1n) is 11.0. The second-order valence-electron chi connectivity index (χ2n) is 8.71. The molecule has 0 saturated carbocycles. The molecule has 0 unspecified atom stereocenters. The van der Waals surface area contributed by atoms with E-state index in [1.165, 1.54) is 0 Å². The molecule has 1 aromatic carbocycles. The van der Waals surface area contributed by atoms with Crippen LogP contribution in [0.3, 0.4) is 0 Å². The number of hydrogen-bond acceptors (Lipinski definition) is 7. The molecule has 1 fully saturated rings. The zero-order valence-electron chi connectivity index (χ0n) is 17.9. The van der Waals surface area contributed by atoms with Gasteiger partial charge in [0.15, 0.2) is 11.6 Å².